The second kappa shape index (κ2) is 8.11. The molecule has 0 spiro atoms. The molecule has 0 saturated carbocycles. The number of rotatable bonds is 8. The Hall–Kier alpha value is -0.0600. The summed E-state index contributed by atoms with van der Waals surface area (Å²) in [5, 5.41) is 7.92. The quantitative estimate of drug-likeness (QED) is 0.586. The fraction of sp³-hybridized carbons (Fsp3) is 0.750. The highest BCUT2D eigenvalue weighted by Gasteiger charge is 2.10. The fourth-order valence-corrected chi connectivity index (χ4v) is 2.38. The summed E-state index contributed by atoms with van der Waals surface area (Å²) in [7, 11) is 0. The number of hydrogen-bond donors (Lipinski definition) is 1. The van der Waals surface area contributed by atoms with Gasteiger partial charge in [-0.25, -0.2) is 0 Å². The standard InChI is InChI=1S/C12H21BrClN3/c1-3-17-11(12(13)10(2)16-17)9-15-8-6-4-5-7-14/h15H,3-9H2,1-2H3. The molecule has 0 saturated heterocycles. The van der Waals surface area contributed by atoms with Crippen LogP contribution in [-0.2, 0) is 13.1 Å². The minimum atomic E-state index is 0.771. The third-order valence-electron chi connectivity index (χ3n) is 2.73. The normalized spacial score (nSPS) is 11.1. The van der Waals surface area contributed by atoms with E-state index in [0.29, 0.717) is 0 Å². The predicted molar refractivity (Wildman–Crippen MR) is 76.6 cm³/mol. The summed E-state index contributed by atoms with van der Waals surface area (Å²) in [6, 6.07) is 0. The van der Waals surface area contributed by atoms with Crippen molar-refractivity contribution < 1.29 is 0 Å². The average Bonchev–Trinajstić information content (AvgIpc) is 2.60. The molecule has 3 nitrogen and oxygen atoms in total. The van der Waals surface area contributed by atoms with Crippen molar-refractivity contribution in [1.29, 1.82) is 0 Å². The van der Waals surface area contributed by atoms with E-state index in [0.717, 1.165) is 42.1 Å². The summed E-state index contributed by atoms with van der Waals surface area (Å²) < 4.78 is 3.18. The van der Waals surface area contributed by atoms with Crippen LogP contribution in [0.4, 0.5) is 0 Å². The van der Waals surface area contributed by atoms with Crippen LogP contribution in [0.2, 0.25) is 0 Å². The van der Waals surface area contributed by atoms with Crippen LogP contribution in [0.3, 0.4) is 0 Å². The molecule has 0 bridgehead atoms. The van der Waals surface area contributed by atoms with Gasteiger partial charge in [0.1, 0.15) is 0 Å². The van der Waals surface area contributed by atoms with Gasteiger partial charge in [0.15, 0.2) is 0 Å². The zero-order valence-corrected chi connectivity index (χ0v) is 12.9. The number of aromatic nitrogens is 2. The Bertz CT molecular complexity index is 339. The number of halogens is 2. The average molecular weight is 323 g/mol. The Morgan fingerprint density at radius 2 is 2.12 bits per heavy atom. The second-order valence-corrected chi connectivity index (χ2v) is 5.26. The van der Waals surface area contributed by atoms with Gasteiger partial charge in [-0.15, -0.1) is 11.6 Å². The first-order chi connectivity index (χ1) is 8.20. The van der Waals surface area contributed by atoms with Crippen molar-refractivity contribution in [1.82, 2.24) is 15.1 Å². The molecule has 0 aromatic carbocycles. The van der Waals surface area contributed by atoms with Crippen molar-refractivity contribution in [3.05, 3.63) is 15.9 Å². The lowest BCUT2D eigenvalue weighted by Crippen LogP contribution is -2.18. The van der Waals surface area contributed by atoms with Crippen LogP contribution in [0.25, 0.3) is 0 Å². The summed E-state index contributed by atoms with van der Waals surface area (Å²) in [5.41, 5.74) is 2.30. The van der Waals surface area contributed by atoms with Crippen LogP contribution in [-0.4, -0.2) is 22.2 Å². The van der Waals surface area contributed by atoms with Crippen LogP contribution >= 0.6 is 27.5 Å². The molecule has 1 N–H and O–H groups in total. The first kappa shape index (κ1) is 15.0. The van der Waals surface area contributed by atoms with E-state index in [1.54, 1.807) is 0 Å². The van der Waals surface area contributed by atoms with Gasteiger partial charge in [-0.1, -0.05) is 6.42 Å². The molecule has 1 heterocycles. The summed E-state index contributed by atoms with van der Waals surface area (Å²) >= 11 is 9.23. The largest absolute Gasteiger partial charge is 0.311 e. The maximum Gasteiger partial charge on any atom is 0.0739 e. The lowest BCUT2D eigenvalue weighted by Gasteiger charge is -2.07. The first-order valence-electron chi connectivity index (χ1n) is 6.19. The molecule has 1 aromatic rings. The molecule has 5 heteroatoms. The van der Waals surface area contributed by atoms with Crippen molar-refractivity contribution in [2.24, 2.45) is 0 Å². The Kier molecular flexibility index (Phi) is 7.16. The SMILES string of the molecule is CCn1nc(C)c(Br)c1CNCCCCCCl. The lowest BCUT2D eigenvalue weighted by molar-refractivity contribution is 0.562. The van der Waals surface area contributed by atoms with E-state index in [9.17, 15) is 0 Å². The number of unbranched alkanes of at least 4 members (excludes halogenated alkanes) is 2. The summed E-state index contributed by atoms with van der Waals surface area (Å²) in [6.45, 7) is 6.96. The van der Waals surface area contributed by atoms with E-state index in [4.69, 9.17) is 11.6 Å². The molecule has 0 fully saturated rings. The minimum absolute atomic E-state index is 0.771. The third kappa shape index (κ3) is 4.60. The lowest BCUT2D eigenvalue weighted by atomic mass is 10.2. The number of alkyl halides is 1. The van der Waals surface area contributed by atoms with Crippen LogP contribution in [0, 0.1) is 6.92 Å². The van der Waals surface area contributed by atoms with Crippen LogP contribution in [0.5, 0.6) is 0 Å². The molecule has 98 valence electrons. The first-order valence-corrected chi connectivity index (χ1v) is 7.51. The van der Waals surface area contributed by atoms with Crippen LogP contribution < -0.4 is 5.32 Å². The zero-order valence-electron chi connectivity index (χ0n) is 10.6. The van der Waals surface area contributed by atoms with Crippen LogP contribution in [0.1, 0.15) is 37.6 Å². The molecule has 0 aliphatic rings. The van der Waals surface area contributed by atoms with Crippen molar-refractivity contribution in [2.45, 2.75) is 46.2 Å². The number of nitrogens with one attached hydrogen (secondary N) is 1. The van der Waals surface area contributed by atoms with Gasteiger partial charge in [0, 0.05) is 19.0 Å². The van der Waals surface area contributed by atoms with E-state index in [1.165, 1.54) is 18.5 Å². The van der Waals surface area contributed by atoms with Crippen molar-refractivity contribution in [3.8, 4) is 0 Å². The highest BCUT2D eigenvalue weighted by Crippen LogP contribution is 2.20. The Labute approximate surface area is 117 Å². The van der Waals surface area contributed by atoms with E-state index in [2.05, 4.69) is 33.3 Å². The zero-order chi connectivity index (χ0) is 12.7. The predicted octanol–water partition coefficient (Wildman–Crippen LogP) is 3.47. The maximum absolute atomic E-state index is 5.64. The molecule has 0 unspecified atom stereocenters. The van der Waals surface area contributed by atoms with Gasteiger partial charge >= 0.3 is 0 Å². The molecule has 0 amide bonds. The second-order valence-electron chi connectivity index (χ2n) is 4.09. The molecular weight excluding hydrogens is 302 g/mol. The number of hydrogen-bond acceptors (Lipinski definition) is 2. The number of aryl methyl sites for hydroxylation is 2. The maximum atomic E-state index is 5.64. The van der Waals surface area contributed by atoms with Gasteiger partial charge in [-0.3, -0.25) is 4.68 Å². The van der Waals surface area contributed by atoms with Gasteiger partial charge in [0.05, 0.1) is 15.9 Å². The van der Waals surface area contributed by atoms with E-state index in [-0.39, 0.29) is 0 Å². The minimum Gasteiger partial charge on any atom is -0.311 e. The van der Waals surface area contributed by atoms with Gasteiger partial charge in [-0.05, 0) is 49.2 Å². The molecule has 0 radical (unpaired) electrons. The van der Waals surface area contributed by atoms with Gasteiger partial charge < -0.3 is 5.32 Å². The molecule has 0 atom stereocenters. The van der Waals surface area contributed by atoms with E-state index >= 15 is 0 Å². The molecule has 0 aliphatic carbocycles. The van der Waals surface area contributed by atoms with Gasteiger partial charge in [0.2, 0.25) is 0 Å². The van der Waals surface area contributed by atoms with E-state index in [1.807, 2.05) is 11.6 Å². The van der Waals surface area contributed by atoms with E-state index < -0.39 is 0 Å². The summed E-state index contributed by atoms with van der Waals surface area (Å²) in [6.07, 6.45) is 3.49. The monoisotopic (exact) mass is 321 g/mol. The van der Waals surface area contributed by atoms with Crippen LogP contribution in [0.15, 0.2) is 4.47 Å². The molecule has 17 heavy (non-hydrogen) atoms. The fourth-order valence-electron chi connectivity index (χ4n) is 1.77. The summed E-state index contributed by atoms with van der Waals surface area (Å²) in [5.74, 6) is 0.771. The van der Waals surface area contributed by atoms with Crippen molar-refractivity contribution in [3.63, 3.8) is 0 Å². The Morgan fingerprint density at radius 3 is 2.76 bits per heavy atom. The summed E-state index contributed by atoms with van der Waals surface area (Å²) in [4.78, 5) is 0. The van der Waals surface area contributed by atoms with Gasteiger partial charge in [0.25, 0.3) is 0 Å². The Balaban J connectivity index is 2.35. The van der Waals surface area contributed by atoms with Crippen molar-refractivity contribution in [2.75, 3.05) is 12.4 Å². The third-order valence-corrected chi connectivity index (χ3v) is 4.03. The van der Waals surface area contributed by atoms with Gasteiger partial charge in [-0.2, -0.15) is 5.10 Å². The topological polar surface area (TPSA) is 29.9 Å². The molecular formula is C12H21BrClN3. The highest BCUT2D eigenvalue weighted by atomic mass is 79.9. The highest BCUT2D eigenvalue weighted by molar-refractivity contribution is 9.10. The van der Waals surface area contributed by atoms with Crippen molar-refractivity contribution >= 4 is 27.5 Å². The molecule has 1 rings (SSSR count). The number of nitrogens with zero attached hydrogens (tertiary/aromatic N) is 2. The smallest absolute Gasteiger partial charge is 0.0739 e. The molecule has 1 aromatic heterocycles. The molecule has 0 aliphatic heterocycles. The Morgan fingerprint density at radius 1 is 1.35 bits per heavy atom.